The van der Waals surface area contributed by atoms with Crippen LogP contribution in [-0.2, 0) is 14.9 Å². The third-order valence-corrected chi connectivity index (χ3v) is 7.33. The van der Waals surface area contributed by atoms with E-state index in [1.165, 1.54) is 0 Å². The number of hydrogen-bond acceptors (Lipinski definition) is 5. The van der Waals surface area contributed by atoms with E-state index >= 15 is 0 Å². The van der Waals surface area contributed by atoms with Gasteiger partial charge in [-0.05, 0) is 48.7 Å². The van der Waals surface area contributed by atoms with Crippen LogP contribution in [0.1, 0.15) is 45.2 Å². The lowest BCUT2D eigenvalue weighted by atomic mass is 9.69. The van der Waals surface area contributed by atoms with Crippen molar-refractivity contribution >= 4 is 27.5 Å². The monoisotopic (exact) mass is 430 g/mol. The van der Waals surface area contributed by atoms with Gasteiger partial charge in [-0.2, -0.15) is 5.26 Å². The molecule has 4 fully saturated rings. The van der Waals surface area contributed by atoms with E-state index in [9.17, 15) is 10.1 Å². The fourth-order valence-electron chi connectivity index (χ4n) is 5.34. The molecule has 3 saturated heterocycles. The van der Waals surface area contributed by atoms with Gasteiger partial charge in [-0.15, -0.1) is 0 Å². The van der Waals surface area contributed by atoms with Crippen LogP contribution < -0.4 is 4.90 Å². The molecule has 142 valence electrons. The molecular weight excluding hydrogens is 408 g/mol. The van der Waals surface area contributed by atoms with Gasteiger partial charge >= 0.3 is 0 Å². The zero-order valence-electron chi connectivity index (χ0n) is 15.6. The predicted molar refractivity (Wildman–Crippen MR) is 103 cm³/mol. The van der Waals surface area contributed by atoms with Crippen LogP contribution in [-0.4, -0.2) is 52.7 Å². The first kappa shape index (κ1) is 17.6. The highest BCUT2D eigenvalue weighted by Crippen LogP contribution is 2.50. The molecule has 0 radical (unpaired) electrons. The molecule has 2 atom stereocenters. The number of morpholine rings is 1. The highest BCUT2D eigenvalue weighted by atomic mass is 79.9. The maximum absolute atomic E-state index is 13.2. The second-order valence-electron chi connectivity index (χ2n) is 8.87. The minimum absolute atomic E-state index is 0.0511. The average molecular weight is 431 g/mol. The fourth-order valence-corrected chi connectivity index (χ4v) is 5.65. The van der Waals surface area contributed by atoms with Crippen LogP contribution in [0.3, 0.4) is 0 Å². The number of amides is 1. The minimum Gasteiger partial charge on any atom is -0.375 e. The molecule has 1 aliphatic carbocycles. The molecule has 4 aliphatic heterocycles. The molecule has 6 rings (SSSR count). The van der Waals surface area contributed by atoms with Gasteiger partial charge < -0.3 is 9.64 Å². The SMILES string of the molecule is CC1(C)C(=O)N(C2CC(C#N)(N3CC4CCC3CO4)C2)c2cc(Br)cnc21. The molecule has 1 saturated carbocycles. The number of rotatable bonds is 2. The first-order valence-electron chi connectivity index (χ1n) is 9.65. The number of pyridine rings is 1. The zero-order valence-corrected chi connectivity index (χ0v) is 17.2. The van der Waals surface area contributed by atoms with E-state index in [1.54, 1.807) is 6.20 Å². The molecule has 2 bridgehead atoms. The predicted octanol–water partition coefficient (Wildman–Crippen LogP) is 2.76. The van der Waals surface area contributed by atoms with E-state index in [-0.39, 0.29) is 18.1 Å². The van der Waals surface area contributed by atoms with Gasteiger partial charge in [0.1, 0.15) is 5.54 Å². The summed E-state index contributed by atoms with van der Waals surface area (Å²) in [5.74, 6) is 0.0862. The van der Waals surface area contributed by atoms with E-state index in [0.29, 0.717) is 18.9 Å². The Labute approximate surface area is 167 Å². The zero-order chi connectivity index (χ0) is 19.0. The van der Waals surface area contributed by atoms with Gasteiger partial charge in [0.05, 0.1) is 35.6 Å². The molecule has 5 aliphatic rings. The second kappa shape index (κ2) is 5.76. The molecule has 1 aromatic rings. The summed E-state index contributed by atoms with van der Waals surface area (Å²) in [6.07, 6.45) is 5.60. The summed E-state index contributed by atoms with van der Waals surface area (Å²) in [5, 5.41) is 10.0. The van der Waals surface area contributed by atoms with E-state index in [0.717, 1.165) is 41.8 Å². The summed E-state index contributed by atoms with van der Waals surface area (Å²) >= 11 is 3.48. The average Bonchev–Trinajstić information content (AvgIpc) is 2.82. The van der Waals surface area contributed by atoms with Crippen molar-refractivity contribution in [2.24, 2.45) is 0 Å². The molecule has 0 N–H and O–H groups in total. The molecule has 1 amide bonds. The molecule has 2 unspecified atom stereocenters. The maximum atomic E-state index is 13.2. The van der Waals surface area contributed by atoms with Crippen molar-refractivity contribution < 1.29 is 9.53 Å². The van der Waals surface area contributed by atoms with Crippen LogP contribution in [0.4, 0.5) is 5.69 Å². The van der Waals surface area contributed by atoms with E-state index in [4.69, 9.17) is 4.74 Å². The first-order chi connectivity index (χ1) is 12.9. The molecular formula is C20H23BrN4O2. The first-order valence-corrected chi connectivity index (χ1v) is 10.4. The Morgan fingerprint density at radius 3 is 2.70 bits per heavy atom. The van der Waals surface area contributed by atoms with Crippen molar-refractivity contribution in [2.45, 2.75) is 68.7 Å². The molecule has 27 heavy (non-hydrogen) atoms. The molecule has 5 heterocycles. The molecule has 0 aromatic carbocycles. The Morgan fingerprint density at radius 2 is 2.11 bits per heavy atom. The summed E-state index contributed by atoms with van der Waals surface area (Å²) in [7, 11) is 0. The second-order valence-corrected chi connectivity index (χ2v) is 9.78. The van der Waals surface area contributed by atoms with Gasteiger partial charge in [0, 0.05) is 42.1 Å². The van der Waals surface area contributed by atoms with Crippen LogP contribution in [0.5, 0.6) is 0 Å². The lowest BCUT2D eigenvalue weighted by Crippen LogP contribution is -2.70. The number of nitriles is 1. The van der Waals surface area contributed by atoms with E-state index < -0.39 is 11.0 Å². The Bertz CT molecular complexity index is 850. The van der Waals surface area contributed by atoms with Gasteiger partial charge in [-0.1, -0.05) is 0 Å². The summed E-state index contributed by atoms with van der Waals surface area (Å²) in [4.78, 5) is 22.0. The topological polar surface area (TPSA) is 69.5 Å². The summed E-state index contributed by atoms with van der Waals surface area (Å²) in [5.41, 5.74) is 0.624. The summed E-state index contributed by atoms with van der Waals surface area (Å²) in [6, 6.07) is 4.97. The molecule has 7 heteroatoms. The number of piperidine rings is 1. The number of carbonyl (C=O) groups excluding carboxylic acids is 1. The van der Waals surface area contributed by atoms with Crippen molar-refractivity contribution in [3.8, 4) is 6.07 Å². The number of hydrogen-bond donors (Lipinski definition) is 0. The third kappa shape index (κ3) is 2.36. The maximum Gasteiger partial charge on any atom is 0.239 e. The number of anilines is 1. The minimum atomic E-state index is -0.626. The number of halogens is 1. The highest BCUT2D eigenvalue weighted by molar-refractivity contribution is 9.10. The fraction of sp³-hybridized carbons (Fsp3) is 0.650. The Hall–Kier alpha value is -1.49. The number of carbonyl (C=O) groups is 1. The number of nitrogens with zero attached hydrogens (tertiary/aromatic N) is 4. The lowest BCUT2D eigenvalue weighted by Gasteiger charge is -2.58. The van der Waals surface area contributed by atoms with Crippen molar-refractivity contribution in [3.63, 3.8) is 0 Å². The van der Waals surface area contributed by atoms with Crippen LogP contribution >= 0.6 is 15.9 Å². The van der Waals surface area contributed by atoms with E-state index in [1.807, 2.05) is 24.8 Å². The molecule has 0 spiro atoms. The van der Waals surface area contributed by atoms with E-state index in [2.05, 4.69) is 31.9 Å². The van der Waals surface area contributed by atoms with Crippen molar-refractivity contribution in [2.75, 3.05) is 18.1 Å². The molecule has 1 aromatic heterocycles. The van der Waals surface area contributed by atoms with Crippen LogP contribution in [0.25, 0.3) is 0 Å². The quantitative estimate of drug-likeness (QED) is 0.721. The van der Waals surface area contributed by atoms with Crippen LogP contribution in [0.15, 0.2) is 16.7 Å². The molecule has 6 nitrogen and oxygen atoms in total. The number of aromatic nitrogens is 1. The van der Waals surface area contributed by atoms with Gasteiger partial charge in [0.15, 0.2) is 0 Å². The van der Waals surface area contributed by atoms with Crippen molar-refractivity contribution in [3.05, 3.63) is 22.4 Å². The summed E-state index contributed by atoms with van der Waals surface area (Å²) < 4.78 is 6.69. The Balaban J connectivity index is 1.43. The Kier molecular flexibility index (Phi) is 3.75. The Morgan fingerprint density at radius 1 is 1.33 bits per heavy atom. The third-order valence-electron chi connectivity index (χ3n) is 6.90. The van der Waals surface area contributed by atoms with Gasteiger partial charge in [0.2, 0.25) is 5.91 Å². The summed E-state index contributed by atoms with van der Waals surface area (Å²) in [6.45, 7) is 5.45. The van der Waals surface area contributed by atoms with Crippen molar-refractivity contribution in [1.82, 2.24) is 9.88 Å². The van der Waals surface area contributed by atoms with Gasteiger partial charge in [-0.3, -0.25) is 14.7 Å². The number of ether oxygens (including phenoxy) is 1. The largest absolute Gasteiger partial charge is 0.375 e. The van der Waals surface area contributed by atoms with Gasteiger partial charge in [-0.25, -0.2) is 0 Å². The normalized spacial score (nSPS) is 37.0. The van der Waals surface area contributed by atoms with Gasteiger partial charge in [0.25, 0.3) is 0 Å². The lowest BCUT2D eigenvalue weighted by molar-refractivity contribution is -0.149. The smallest absolute Gasteiger partial charge is 0.239 e. The van der Waals surface area contributed by atoms with Crippen LogP contribution in [0.2, 0.25) is 0 Å². The standard InChI is InChI=1S/C20H23BrN4O2/c1-19(2)17-16(5-12(21)8-23-17)25(18(19)26)14-6-20(7-14,11-22)24-9-15-4-3-13(24)10-27-15/h5,8,13-15H,3-4,6-7,9-10H2,1-2H3. The van der Waals surface area contributed by atoms with Crippen molar-refractivity contribution in [1.29, 1.82) is 5.26 Å². The highest BCUT2D eigenvalue weighted by Gasteiger charge is 2.59. The number of fused-ring (bicyclic) bond motifs is 4. The van der Waals surface area contributed by atoms with Crippen LogP contribution in [0, 0.1) is 11.3 Å².